The Morgan fingerprint density at radius 3 is 2.52 bits per heavy atom. The molecule has 1 nitrogen and oxygen atoms in total. The third-order valence-corrected chi connectivity index (χ3v) is 6.21. The van der Waals surface area contributed by atoms with Crippen molar-refractivity contribution in [1.29, 1.82) is 0 Å². The van der Waals surface area contributed by atoms with Crippen LogP contribution in [0.25, 0.3) is 0 Å². The lowest BCUT2D eigenvalue weighted by molar-refractivity contribution is 0.132. The van der Waals surface area contributed by atoms with Crippen LogP contribution in [0.1, 0.15) is 62.6 Å². The van der Waals surface area contributed by atoms with Gasteiger partial charge in [0.1, 0.15) is 0 Å². The molecular weight excluding hydrogens is 254 g/mol. The molecule has 0 heterocycles. The topological polar surface area (TPSA) is 26.0 Å². The van der Waals surface area contributed by atoms with Crippen molar-refractivity contribution >= 4 is 0 Å². The van der Waals surface area contributed by atoms with Gasteiger partial charge in [0.15, 0.2) is 0 Å². The summed E-state index contributed by atoms with van der Waals surface area (Å²) in [6.45, 7) is 5.61. The van der Waals surface area contributed by atoms with Gasteiger partial charge in [-0.05, 0) is 91.9 Å². The Kier molecular flexibility index (Phi) is 4.40. The number of rotatable bonds is 4. The summed E-state index contributed by atoms with van der Waals surface area (Å²) in [5.41, 5.74) is 11.3. The first-order valence-electron chi connectivity index (χ1n) is 8.93. The molecule has 21 heavy (non-hydrogen) atoms. The van der Waals surface area contributed by atoms with Crippen LogP contribution in [-0.4, -0.2) is 6.54 Å². The van der Waals surface area contributed by atoms with E-state index in [9.17, 15) is 0 Å². The molecule has 0 saturated heterocycles. The largest absolute Gasteiger partial charge is 0.330 e. The predicted octanol–water partition coefficient (Wildman–Crippen LogP) is 4.51. The van der Waals surface area contributed by atoms with E-state index in [2.05, 4.69) is 32.0 Å². The second-order valence-electron chi connectivity index (χ2n) is 7.92. The maximum atomic E-state index is 6.22. The van der Waals surface area contributed by atoms with Crippen LogP contribution in [-0.2, 0) is 19.3 Å². The molecule has 2 aliphatic carbocycles. The Morgan fingerprint density at radius 1 is 1.14 bits per heavy atom. The molecule has 0 aliphatic heterocycles. The number of aryl methyl sites for hydroxylation is 2. The van der Waals surface area contributed by atoms with Gasteiger partial charge in [-0.3, -0.25) is 0 Å². The maximum absolute atomic E-state index is 6.22. The van der Waals surface area contributed by atoms with Gasteiger partial charge in [0.05, 0.1) is 0 Å². The minimum Gasteiger partial charge on any atom is -0.330 e. The molecule has 0 radical (unpaired) electrons. The maximum Gasteiger partial charge on any atom is -0.00173 e. The molecule has 1 fully saturated rings. The minimum absolute atomic E-state index is 0.373. The molecule has 0 amide bonds. The second kappa shape index (κ2) is 6.12. The zero-order valence-electron chi connectivity index (χ0n) is 13.8. The Morgan fingerprint density at radius 2 is 1.86 bits per heavy atom. The van der Waals surface area contributed by atoms with Crippen molar-refractivity contribution in [2.45, 2.75) is 65.2 Å². The third-order valence-electron chi connectivity index (χ3n) is 6.21. The van der Waals surface area contributed by atoms with Crippen molar-refractivity contribution in [3.05, 3.63) is 34.9 Å². The molecule has 1 heteroatoms. The van der Waals surface area contributed by atoms with E-state index in [1.807, 2.05) is 0 Å². The van der Waals surface area contributed by atoms with Gasteiger partial charge in [0.25, 0.3) is 0 Å². The van der Waals surface area contributed by atoms with E-state index in [4.69, 9.17) is 5.73 Å². The number of nitrogens with two attached hydrogens (primary N) is 1. The van der Waals surface area contributed by atoms with E-state index in [0.717, 1.165) is 18.4 Å². The normalized spacial score (nSPS) is 28.9. The van der Waals surface area contributed by atoms with Gasteiger partial charge in [0.2, 0.25) is 0 Å². The van der Waals surface area contributed by atoms with Crippen LogP contribution in [0, 0.1) is 17.3 Å². The Balaban J connectivity index is 1.70. The van der Waals surface area contributed by atoms with Gasteiger partial charge in [-0.25, -0.2) is 0 Å². The first-order chi connectivity index (χ1) is 10.1. The molecule has 1 aromatic rings. The van der Waals surface area contributed by atoms with Gasteiger partial charge in [0, 0.05) is 0 Å². The third kappa shape index (κ3) is 3.18. The fourth-order valence-electron chi connectivity index (χ4n) is 4.54. The van der Waals surface area contributed by atoms with E-state index in [-0.39, 0.29) is 0 Å². The molecule has 0 spiro atoms. The SMILES string of the molecule is CC(C)C1CCC(CN)(Cc2ccc3c(c2)CCC3)CC1. The highest BCUT2D eigenvalue weighted by atomic mass is 14.6. The first kappa shape index (κ1) is 15.1. The van der Waals surface area contributed by atoms with Gasteiger partial charge in [-0.1, -0.05) is 32.0 Å². The predicted molar refractivity (Wildman–Crippen MR) is 90.5 cm³/mol. The van der Waals surface area contributed by atoms with E-state index in [1.54, 1.807) is 11.1 Å². The zero-order valence-corrected chi connectivity index (χ0v) is 13.8. The first-order valence-corrected chi connectivity index (χ1v) is 8.93. The van der Waals surface area contributed by atoms with E-state index >= 15 is 0 Å². The zero-order chi connectivity index (χ0) is 14.9. The summed E-state index contributed by atoms with van der Waals surface area (Å²) in [5, 5.41) is 0. The van der Waals surface area contributed by atoms with Gasteiger partial charge < -0.3 is 5.73 Å². The van der Waals surface area contributed by atoms with Gasteiger partial charge >= 0.3 is 0 Å². The summed E-state index contributed by atoms with van der Waals surface area (Å²) in [7, 11) is 0. The number of benzene rings is 1. The minimum atomic E-state index is 0.373. The number of fused-ring (bicyclic) bond motifs is 1. The molecule has 0 atom stereocenters. The van der Waals surface area contributed by atoms with Crippen molar-refractivity contribution in [2.75, 3.05) is 6.54 Å². The van der Waals surface area contributed by atoms with Crippen LogP contribution in [0.2, 0.25) is 0 Å². The van der Waals surface area contributed by atoms with Crippen LogP contribution in [0.4, 0.5) is 0 Å². The fourth-order valence-corrected chi connectivity index (χ4v) is 4.54. The molecule has 0 aromatic heterocycles. The number of hydrogen-bond acceptors (Lipinski definition) is 1. The fraction of sp³-hybridized carbons (Fsp3) is 0.700. The van der Waals surface area contributed by atoms with Crippen LogP contribution >= 0.6 is 0 Å². The van der Waals surface area contributed by atoms with Crippen LogP contribution in [0.5, 0.6) is 0 Å². The lowest BCUT2D eigenvalue weighted by Gasteiger charge is -2.41. The second-order valence-corrected chi connectivity index (χ2v) is 7.92. The van der Waals surface area contributed by atoms with Crippen LogP contribution in [0.15, 0.2) is 18.2 Å². The monoisotopic (exact) mass is 285 g/mol. The molecule has 0 bridgehead atoms. The molecule has 1 aromatic carbocycles. The van der Waals surface area contributed by atoms with Crippen molar-refractivity contribution < 1.29 is 0 Å². The molecular formula is C20H31N. The summed E-state index contributed by atoms with van der Waals surface area (Å²) in [6, 6.07) is 7.23. The Bertz CT molecular complexity index is 481. The lowest BCUT2D eigenvalue weighted by Crippen LogP contribution is -2.37. The Labute approximate surface area is 130 Å². The highest BCUT2D eigenvalue weighted by molar-refractivity contribution is 5.35. The molecule has 2 N–H and O–H groups in total. The molecule has 0 unspecified atom stereocenters. The lowest BCUT2D eigenvalue weighted by atomic mass is 9.65. The van der Waals surface area contributed by atoms with Crippen molar-refractivity contribution in [1.82, 2.24) is 0 Å². The summed E-state index contributed by atoms with van der Waals surface area (Å²) >= 11 is 0. The van der Waals surface area contributed by atoms with Crippen LogP contribution in [0.3, 0.4) is 0 Å². The Hall–Kier alpha value is -0.820. The highest BCUT2D eigenvalue weighted by Gasteiger charge is 2.35. The molecule has 2 aliphatic rings. The van der Waals surface area contributed by atoms with Crippen LogP contribution < -0.4 is 5.73 Å². The summed E-state index contributed by atoms with van der Waals surface area (Å²) in [5.74, 6) is 1.76. The van der Waals surface area contributed by atoms with E-state index < -0.39 is 0 Å². The smallest absolute Gasteiger partial charge is 0.00173 e. The average molecular weight is 285 g/mol. The van der Waals surface area contributed by atoms with Crippen molar-refractivity contribution in [3.63, 3.8) is 0 Å². The summed E-state index contributed by atoms with van der Waals surface area (Å²) in [6.07, 6.45) is 10.5. The summed E-state index contributed by atoms with van der Waals surface area (Å²) < 4.78 is 0. The average Bonchev–Trinajstić information content (AvgIpc) is 2.95. The standard InChI is InChI=1S/C20H31N/c1-15(2)17-8-10-20(14-21,11-9-17)13-16-6-7-18-4-3-5-19(18)12-16/h6-7,12,15,17H,3-5,8-11,13-14,21H2,1-2H3. The quantitative estimate of drug-likeness (QED) is 0.865. The molecule has 3 rings (SSSR count). The summed E-state index contributed by atoms with van der Waals surface area (Å²) in [4.78, 5) is 0. The molecule has 1 saturated carbocycles. The van der Waals surface area contributed by atoms with Crippen molar-refractivity contribution in [2.24, 2.45) is 23.0 Å². The number of hydrogen-bond donors (Lipinski definition) is 1. The highest BCUT2D eigenvalue weighted by Crippen LogP contribution is 2.43. The van der Waals surface area contributed by atoms with Gasteiger partial charge in [-0.15, -0.1) is 0 Å². The van der Waals surface area contributed by atoms with E-state index in [1.165, 1.54) is 56.9 Å². The molecule has 116 valence electrons. The van der Waals surface area contributed by atoms with E-state index in [0.29, 0.717) is 5.41 Å². The van der Waals surface area contributed by atoms with Gasteiger partial charge in [-0.2, -0.15) is 0 Å². The van der Waals surface area contributed by atoms with Crippen molar-refractivity contribution in [3.8, 4) is 0 Å².